The summed E-state index contributed by atoms with van der Waals surface area (Å²) in [4.78, 5) is 14.0. The fraction of sp³-hybridized carbons (Fsp3) is 0.324. The molecule has 5 rings (SSSR count). The number of carbonyl (C=O) groups is 1. The van der Waals surface area contributed by atoms with Crippen LogP contribution in [0.15, 0.2) is 84.9 Å². The fourth-order valence-electron chi connectivity index (χ4n) is 5.67. The van der Waals surface area contributed by atoms with Gasteiger partial charge in [-0.25, -0.2) is 4.79 Å². The minimum atomic E-state index is -0.383. The Balaban J connectivity index is 1.24. The number of nitrogens with one attached hydrogen (secondary N) is 1. The third-order valence-corrected chi connectivity index (χ3v) is 7.82. The van der Waals surface area contributed by atoms with Crippen LogP contribution in [0.25, 0.3) is 10.8 Å². The van der Waals surface area contributed by atoms with E-state index in [0.717, 1.165) is 43.6 Å². The van der Waals surface area contributed by atoms with E-state index in [9.17, 15) is 4.79 Å². The molecule has 39 heavy (non-hydrogen) atoms. The maximum atomic E-state index is 11.6. The van der Waals surface area contributed by atoms with Gasteiger partial charge in [-0.1, -0.05) is 66.7 Å². The van der Waals surface area contributed by atoms with Crippen LogP contribution >= 0.6 is 0 Å². The van der Waals surface area contributed by atoms with Crippen LogP contribution in [0, 0.1) is 12.8 Å². The lowest BCUT2D eigenvalue weighted by Crippen LogP contribution is -2.32. The molecule has 5 nitrogen and oxygen atoms in total. The Kier molecular flexibility index (Phi) is 8.48. The molecule has 4 aromatic rings. The number of esters is 1. The molecule has 0 aromatic heterocycles. The zero-order valence-corrected chi connectivity index (χ0v) is 23.2. The largest absolute Gasteiger partial charge is 0.482 e. The maximum absolute atomic E-state index is 11.6. The van der Waals surface area contributed by atoms with Crippen molar-refractivity contribution in [3.63, 3.8) is 0 Å². The number of rotatable bonds is 10. The second kappa shape index (κ2) is 12.4. The summed E-state index contributed by atoms with van der Waals surface area (Å²) in [7, 11) is 1.37. The molecule has 0 bridgehead atoms. The Labute approximate surface area is 231 Å². The maximum Gasteiger partial charge on any atom is 0.343 e. The zero-order valence-electron chi connectivity index (χ0n) is 23.2. The van der Waals surface area contributed by atoms with Crippen molar-refractivity contribution in [3.05, 3.63) is 102 Å². The van der Waals surface area contributed by atoms with Crippen molar-refractivity contribution >= 4 is 28.1 Å². The first kappa shape index (κ1) is 26.8. The van der Waals surface area contributed by atoms with Gasteiger partial charge in [0.2, 0.25) is 0 Å². The highest BCUT2D eigenvalue weighted by molar-refractivity contribution is 5.86. The molecule has 1 aliphatic heterocycles. The number of para-hydroxylation sites is 1. The Morgan fingerprint density at radius 3 is 2.69 bits per heavy atom. The Morgan fingerprint density at radius 1 is 1.03 bits per heavy atom. The third kappa shape index (κ3) is 6.26. The molecular weight excluding hydrogens is 484 g/mol. The Hall–Kier alpha value is -3.83. The van der Waals surface area contributed by atoms with E-state index >= 15 is 0 Å². The summed E-state index contributed by atoms with van der Waals surface area (Å²) >= 11 is 0. The van der Waals surface area contributed by atoms with Gasteiger partial charge in [0.1, 0.15) is 5.75 Å². The van der Waals surface area contributed by atoms with Crippen molar-refractivity contribution in [1.29, 1.82) is 0 Å². The van der Waals surface area contributed by atoms with Gasteiger partial charge in [-0.3, -0.25) is 0 Å². The smallest absolute Gasteiger partial charge is 0.343 e. The van der Waals surface area contributed by atoms with Crippen LogP contribution in [0.1, 0.15) is 42.5 Å². The van der Waals surface area contributed by atoms with E-state index in [-0.39, 0.29) is 12.6 Å². The number of ether oxygens (including phenoxy) is 2. The van der Waals surface area contributed by atoms with E-state index in [0.29, 0.717) is 17.7 Å². The van der Waals surface area contributed by atoms with Crippen LogP contribution in [-0.4, -0.2) is 32.8 Å². The van der Waals surface area contributed by atoms with Gasteiger partial charge in [0.25, 0.3) is 0 Å². The van der Waals surface area contributed by atoms with Crippen LogP contribution < -0.4 is 15.0 Å². The number of methoxy groups -OCH3 is 1. The summed E-state index contributed by atoms with van der Waals surface area (Å²) in [6.45, 7) is 6.10. The number of anilines is 2. The summed E-state index contributed by atoms with van der Waals surface area (Å²) in [5, 5.41) is 6.38. The molecule has 0 radical (unpaired) electrons. The minimum Gasteiger partial charge on any atom is -0.482 e. The lowest BCUT2D eigenvalue weighted by atomic mass is 9.88. The molecule has 0 saturated heterocycles. The van der Waals surface area contributed by atoms with Gasteiger partial charge < -0.3 is 19.7 Å². The lowest BCUT2D eigenvalue weighted by molar-refractivity contribution is -0.142. The highest BCUT2D eigenvalue weighted by Gasteiger charge is 2.25. The third-order valence-electron chi connectivity index (χ3n) is 7.82. The Morgan fingerprint density at radius 2 is 1.82 bits per heavy atom. The number of fused-ring (bicyclic) bond motifs is 2. The first-order chi connectivity index (χ1) is 19.0. The zero-order chi connectivity index (χ0) is 27.2. The fourth-order valence-corrected chi connectivity index (χ4v) is 5.67. The molecular formula is C34H38N2O3. The first-order valence-corrected chi connectivity index (χ1v) is 13.9. The molecule has 1 aliphatic rings. The number of carbonyl (C=O) groups excluding carboxylic acids is 1. The standard InChI is InChI=1S/C34H38N2O3/c1-24-17-18-29(21-33(24)39-23-34(37)38-3)36-22-26(20-28-12-5-7-16-32(28)36)10-9-19-35-25(2)30-15-8-13-27-11-4-6-14-31(27)30/h4-8,11-18,21,25-26,35H,9-10,19-20,22-23H2,1-3H3/t25-,26?/m1/s1. The van der Waals surface area contributed by atoms with E-state index in [1.165, 1.54) is 34.7 Å². The molecule has 1 N–H and O–H groups in total. The van der Waals surface area contributed by atoms with E-state index in [1.807, 2.05) is 13.0 Å². The van der Waals surface area contributed by atoms with Crippen molar-refractivity contribution in [1.82, 2.24) is 5.32 Å². The van der Waals surface area contributed by atoms with Crippen molar-refractivity contribution in [2.75, 3.05) is 31.7 Å². The lowest BCUT2D eigenvalue weighted by Gasteiger charge is -2.36. The number of benzene rings is 4. The summed E-state index contributed by atoms with van der Waals surface area (Å²) in [5.74, 6) is 0.881. The van der Waals surface area contributed by atoms with Gasteiger partial charge in [-0.05, 0) is 85.2 Å². The predicted octanol–water partition coefficient (Wildman–Crippen LogP) is 7.14. The van der Waals surface area contributed by atoms with Crippen LogP contribution in [0.4, 0.5) is 11.4 Å². The molecule has 1 heterocycles. The highest BCUT2D eigenvalue weighted by atomic mass is 16.6. The van der Waals surface area contributed by atoms with Gasteiger partial charge >= 0.3 is 5.97 Å². The van der Waals surface area contributed by atoms with Gasteiger partial charge in [-0.2, -0.15) is 0 Å². The molecule has 0 aliphatic carbocycles. The van der Waals surface area contributed by atoms with E-state index in [1.54, 1.807) is 0 Å². The number of nitrogens with zero attached hydrogens (tertiary/aromatic N) is 1. The molecule has 2 atom stereocenters. The van der Waals surface area contributed by atoms with Crippen molar-refractivity contribution in [2.24, 2.45) is 5.92 Å². The molecule has 0 fully saturated rings. The highest BCUT2D eigenvalue weighted by Crippen LogP contribution is 2.38. The van der Waals surface area contributed by atoms with E-state index < -0.39 is 0 Å². The number of hydrogen-bond donors (Lipinski definition) is 1. The van der Waals surface area contributed by atoms with Gasteiger partial charge in [0, 0.05) is 30.0 Å². The van der Waals surface area contributed by atoms with Crippen molar-refractivity contribution in [3.8, 4) is 5.75 Å². The van der Waals surface area contributed by atoms with Gasteiger partial charge in [0.05, 0.1) is 7.11 Å². The number of hydrogen-bond acceptors (Lipinski definition) is 5. The van der Waals surface area contributed by atoms with Crippen LogP contribution in [0.5, 0.6) is 5.75 Å². The van der Waals surface area contributed by atoms with E-state index in [4.69, 9.17) is 9.47 Å². The SMILES string of the molecule is COC(=O)COc1cc(N2CC(CCCN[C@H](C)c3cccc4ccccc34)Cc3ccccc32)ccc1C. The molecule has 0 saturated carbocycles. The average molecular weight is 523 g/mol. The molecule has 0 amide bonds. The minimum absolute atomic E-state index is 0.0931. The molecule has 4 aromatic carbocycles. The predicted molar refractivity (Wildman–Crippen MR) is 159 cm³/mol. The topological polar surface area (TPSA) is 50.8 Å². The quantitative estimate of drug-likeness (QED) is 0.177. The second-order valence-corrected chi connectivity index (χ2v) is 10.5. The Bertz CT molecular complexity index is 1430. The van der Waals surface area contributed by atoms with Gasteiger partial charge in [0.15, 0.2) is 6.61 Å². The summed E-state index contributed by atoms with van der Waals surface area (Å²) in [6.07, 6.45) is 3.36. The summed E-state index contributed by atoms with van der Waals surface area (Å²) in [5.41, 5.74) is 6.06. The second-order valence-electron chi connectivity index (χ2n) is 10.5. The molecule has 0 spiro atoms. The molecule has 5 heteroatoms. The molecule has 1 unspecified atom stereocenters. The van der Waals surface area contributed by atoms with E-state index in [2.05, 4.69) is 96.0 Å². The van der Waals surface area contributed by atoms with Crippen LogP contribution in [-0.2, 0) is 16.0 Å². The first-order valence-electron chi connectivity index (χ1n) is 13.9. The van der Waals surface area contributed by atoms with Gasteiger partial charge in [-0.15, -0.1) is 0 Å². The average Bonchev–Trinajstić information content (AvgIpc) is 2.98. The van der Waals surface area contributed by atoms with Crippen molar-refractivity contribution < 1.29 is 14.3 Å². The number of aryl methyl sites for hydroxylation is 1. The normalized spacial score (nSPS) is 15.6. The summed E-state index contributed by atoms with van der Waals surface area (Å²) in [6, 6.07) is 30.4. The van der Waals surface area contributed by atoms with Crippen LogP contribution in [0.2, 0.25) is 0 Å². The molecule has 202 valence electrons. The van der Waals surface area contributed by atoms with Crippen molar-refractivity contribution in [2.45, 2.75) is 39.2 Å². The van der Waals surface area contributed by atoms with Crippen LogP contribution in [0.3, 0.4) is 0 Å². The monoisotopic (exact) mass is 522 g/mol. The summed E-state index contributed by atoms with van der Waals surface area (Å²) < 4.78 is 10.5.